The highest BCUT2D eigenvalue weighted by molar-refractivity contribution is 6.07. The summed E-state index contributed by atoms with van der Waals surface area (Å²) in [6.45, 7) is 2.78. The average Bonchev–Trinajstić information content (AvgIpc) is 3.22. The summed E-state index contributed by atoms with van der Waals surface area (Å²) < 4.78 is 0. The number of hydrogen-bond acceptors (Lipinski definition) is 2. The molecule has 3 nitrogen and oxygen atoms in total. The van der Waals surface area contributed by atoms with Crippen LogP contribution >= 0.6 is 0 Å². The molecule has 0 radical (unpaired) electrons. The number of anilines is 1. The quantitative estimate of drug-likeness (QED) is 0.743. The smallest absolute Gasteiger partial charge is 0.258 e. The molecule has 2 heterocycles. The van der Waals surface area contributed by atoms with Gasteiger partial charge < -0.3 is 10.2 Å². The molecule has 2 aliphatic heterocycles. The van der Waals surface area contributed by atoms with Crippen molar-refractivity contribution in [1.82, 2.24) is 5.32 Å². The molecule has 0 aliphatic carbocycles. The Hall–Kier alpha value is -2.91. The molecule has 27 heavy (non-hydrogen) atoms. The minimum atomic E-state index is 0.0902. The molecular formula is C24H22N2O. The highest BCUT2D eigenvalue weighted by atomic mass is 16.2. The van der Waals surface area contributed by atoms with Gasteiger partial charge in [-0.25, -0.2) is 0 Å². The van der Waals surface area contributed by atoms with Gasteiger partial charge in [0, 0.05) is 36.8 Å². The van der Waals surface area contributed by atoms with Crippen molar-refractivity contribution in [3.05, 3.63) is 90.0 Å². The third kappa shape index (κ3) is 2.84. The number of nitrogens with one attached hydrogen (secondary N) is 1. The molecule has 0 spiro atoms. The molecule has 3 aromatic carbocycles. The summed E-state index contributed by atoms with van der Waals surface area (Å²) in [5.41, 5.74) is 5.41. The predicted molar refractivity (Wildman–Crippen MR) is 109 cm³/mol. The summed E-state index contributed by atoms with van der Waals surface area (Å²) in [4.78, 5) is 15.3. The van der Waals surface area contributed by atoms with Crippen LogP contribution in [-0.2, 0) is 0 Å². The zero-order valence-corrected chi connectivity index (χ0v) is 15.1. The first-order chi connectivity index (χ1) is 13.3. The number of nitrogens with zero attached hydrogens (tertiary/aromatic N) is 1. The molecular weight excluding hydrogens is 332 g/mol. The lowest BCUT2D eigenvalue weighted by Gasteiger charge is -2.36. The fourth-order valence-corrected chi connectivity index (χ4v) is 4.45. The van der Waals surface area contributed by atoms with Gasteiger partial charge in [0.15, 0.2) is 0 Å². The van der Waals surface area contributed by atoms with E-state index in [-0.39, 0.29) is 5.91 Å². The normalized spacial score (nSPS) is 20.8. The lowest BCUT2D eigenvalue weighted by Crippen LogP contribution is -2.41. The molecule has 1 saturated heterocycles. The number of carbonyl (C=O) groups is 1. The van der Waals surface area contributed by atoms with Crippen LogP contribution < -0.4 is 10.2 Å². The van der Waals surface area contributed by atoms with Crippen molar-refractivity contribution >= 4 is 11.6 Å². The van der Waals surface area contributed by atoms with E-state index < -0.39 is 0 Å². The monoisotopic (exact) mass is 354 g/mol. The molecule has 1 N–H and O–H groups in total. The number of carbonyl (C=O) groups excluding carboxylic acids is 1. The maximum atomic E-state index is 13.3. The van der Waals surface area contributed by atoms with Crippen LogP contribution in [0.4, 0.5) is 5.69 Å². The Balaban J connectivity index is 1.46. The van der Waals surface area contributed by atoms with E-state index in [9.17, 15) is 4.79 Å². The van der Waals surface area contributed by atoms with Crippen LogP contribution in [0.2, 0.25) is 0 Å². The molecule has 2 aliphatic rings. The van der Waals surface area contributed by atoms with Gasteiger partial charge in [0.05, 0.1) is 0 Å². The minimum Gasteiger partial charge on any atom is -0.316 e. The van der Waals surface area contributed by atoms with Crippen LogP contribution in [0.1, 0.15) is 21.8 Å². The Morgan fingerprint density at radius 1 is 0.815 bits per heavy atom. The molecule has 0 saturated carbocycles. The fourth-order valence-electron chi connectivity index (χ4n) is 4.45. The maximum Gasteiger partial charge on any atom is 0.258 e. The van der Waals surface area contributed by atoms with Crippen LogP contribution in [0.15, 0.2) is 78.9 Å². The van der Waals surface area contributed by atoms with E-state index >= 15 is 0 Å². The van der Waals surface area contributed by atoms with Crippen LogP contribution in [0, 0.1) is 5.92 Å². The van der Waals surface area contributed by atoms with Gasteiger partial charge in [0.2, 0.25) is 0 Å². The summed E-state index contributed by atoms with van der Waals surface area (Å²) in [6, 6.07) is 26.6. The van der Waals surface area contributed by atoms with Gasteiger partial charge >= 0.3 is 0 Å². The number of hydrogen-bond donors (Lipinski definition) is 1. The van der Waals surface area contributed by atoms with Gasteiger partial charge in [-0.15, -0.1) is 0 Å². The average molecular weight is 354 g/mol. The Morgan fingerprint density at radius 2 is 1.52 bits per heavy atom. The molecule has 3 aromatic rings. The number of para-hydroxylation sites is 1. The largest absolute Gasteiger partial charge is 0.316 e. The van der Waals surface area contributed by atoms with Crippen molar-refractivity contribution in [2.45, 2.75) is 5.92 Å². The van der Waals surface area contributed by atoms with Gasteiger partial charge in [-0.05, 0) is 40.8 Å². The summed E-state index contributed by atoms with van der Waals surface area (Å²) in [7, 11) is 0. The van der Waals surface area contributed by atoms with Crippen LogP contribution in [0.3, 0.4) is 0 Å². The summed E-state index contributed by atoms with van der Waals surface area (Å²) in [5.74, 6) is 1.10. The van der Waals surface area contributed by atoms with E-state index in [2.05, 4.69) is 35.6 Å². The number of fused-ring (bicyclic) bond motifs is 3. The standard InChI is InChI=1S/C24H22N2O/c27-24(19-12-10-18(11-13-19)17-6-2-1-3-7-17)26-16-20-14-25-15-22(20)21-8-4-5-9-23(21)26/h1-13,20,22,25H,14-16H2. The third-order valence-corrected chi connectivity index (χ3v) is 5.87. The van der Waals surface area contributed by atoms with Gasteiger partial charge in [0.25, 0.3) is 5.91 Å². The van der Waals surface area contributed by atoms with E-state index in [0.29, 0.717) is 11.8 Å². The lowest BCUT2D eigenvalue weighted by atomic mass is 9.83. The van der Waals surface area contributed by atoms with E-state index in [0.717, 1.165) is 36.4 Å². The Bertz CT molecular complexity index is 965. The molecule has 2 unspecified atom stereocenters. The SMILES string of the molecule is O=C(c1ccc(-c2ccccc2)cc1)N1CC2CNCC2c2ccccc21. The Morgan fingerprint density at radius 3 is 2.33 bits per heavy atom. The second-order valence-corrected chi connectivity index (χ2v) is 7.44. The van der Waals surface area contributed by atoms with Gasteiger partial charge in [-0.2, -0.15) is 0 Å². The van der Waals surface area contributed by atoms with Gasteiger partial charge in [0.1, 0.15) is 0 Å². The van der Waals surface area contributed by atoms with Crippen molar-refractivity contribution in [3.63, 3.8) is 0 Å². The van der Waals surface area contributed by atoms with Crippen LogP contribution in [0.25, 0.3) is 11.1 Å². The van der Waals surface area contributed by atoms with Crippen molar-refractivity contribution < 1.29 is 4.79 Å². The first kappa shape index (κ1) is 16.3. The molecule has 1 amide bonds. The van der Waals surface area contributed by atoms with Crippen molar-refractivity contribution in [1.29, 1.82) is 0 Å². The Kier molecular flexibility index (Phi) is 4.02. The molecule has 3 heteroatoms. The van der Waals surface area contributed by atoms with Crippen LogP contribution in [0.5, 0.6) is 0 Å². The Labute approximate surface area is 159 Å². The molecule has 134 valence electrons. The zero-order chi connectivity index (χ0) is 18.2. The topological polar surface area (TPSA) is 32.3 Å². The first-order valence-corrected chi connectivity index (χ1v) is 9.58. The van der Waals surface area contributed by atoms with Crippen molar-refractivity contribution in [2.75, 3.05) is 24.5 Å². The van der Waals surface area contributed by atoms with Gasteiger partial charge in [-0.3, -0.25) is 4.79 Å². The second kappa shape index (κ2) is 6.67. The fraction of sp³-hybridized carbons (Fsp3) is 0.208. The zero-order valence-electron chi connectivity index (χ0n) is 15.1. The van der Waals surface area contributed by atoms with Crippen molar-refractivity contribution in [2.24, 2.45) is 5.92 Å². The lowest BCUT2D eigenvalue weighted by molar-refractivity contribution is 0.0980. The third-order valence-electron chi connectivity index (χ3n) is 5.87. The van der Waals surface area contributed by atoms with E-state index in [1.165, 1.54) is 11.1 Å². The molecule has 0 aromatic heterocycles. The molecule has 2 atom stereocenters. The second-order valence-electron chi connectivity index (χ2n) is 7.44. The highest BCUT2D eigenvalue weighted by Crippen LogP contribution is 2.40. The van der Waals surface area contributed by atoms with Gasteiger partial charge in [-0.1, -0.05) is 60.7 Å². The maximum absolute atomic E-state index is 13.3. The number of benzene rings is 3. The number of amides is 1. The van der Waals surface area contributed by atoms with E-state index in [1.807, 2.05) is 53.4 Å². The van der Waals surface area contributed by atoms with E-state index in [4.69, 9.17) is 0 Å². The van der Waals surface area contributed by atoms with Crippen molar-refractivity contribution in [3.8, 4) is 11.1 Å². The summed E-state index contributed by atoms with van der Waals surface area (Å²) in [5, 5.41) is 3.49. The highest BCUT2D eigenvalue weighted by Gasteiger charge is 2.38. The number of rotatable bonds is 2. The summed E-state index contributed by atoms with van der Waals surface area (Å²) >= 11 is 0. The molecule has 1 fully saturated rings. The van der Waals surface area contributed by atoms with Crippen LogP contribution in [-0.4, -0.2) is 25.5 Å². The molecule has 5 rings (SSSR count). The first-order valence-electron chi connectivity index (χ1n) is 9.58. The molecule has 0 bridgehead atoms. The predicted octanol–water partition coefficient (Wildman–Crippen LogP) is 4.32. The summed E-state index contributed by atoms with van der Waals surface area (Å²) in [6.07, 6.45) is 0. The van der Waals surface area contributed by atoms with E-state index in [1.54, 1.807) is 0 Å². The minimum absolute atomic E-state index is 0.0902.